The van der Waals surface area contributed by atoms with E-state index >= 15 is 0 Å². The second-order valence-corrected chi connectivity index (χ2v) is 8.74. The van der Waals surface area contributed by atoms with Crippen LogP contribution in [0, 0.1) is 18.8 Å². The summed E-state index contributed by atoms with van der Waals surface area (Å²) in [7, 11) is 0. The van der Waals surface area contributed by atoms with Crippen LogP contribution in [0.15, 0.2) is 47.9 Å². The van der Waals surface area contributed by atoms with Crippen LogP contribution in [-0.4, -0.2) is 28.7 Å². The van der Waals surface area contributed by atoms with E-state index in [4.69, 9.17) is 4.74 Å². The number of benzene rings is 1. The third kappa shape index (κ3) is 4.60. The van der Waals surface area contributed by atoms with Crippen molar-refractivity contribution < 1.29 is 14.6 Å². The van der Waals surface area contributed by atoms with E-state index in [1.54, 1.807) is 11.0 Å². The summed E-state index contributed by atoms with van der Waals surface area (Å²) in [6.07, 6.45) is 11.8. The van der Waals surface area contributed by atoms with E-state index < -0.39 is 0 Å². The first-order chi connectivity index (χ1) is 13.6. The van der Waals surface area contributed by atoms with Crippen molar-refractivity contribution in [3.05, 3.63) is 59.0 Å². The van der Waals surface area contributed by atoms with E-state index in [0.717, 1.165) is 18.0 Å². The van der Waals surface area contributed by atoms with Crippen LogP contribution < -0.4 is 0 Å². The van der Waals surface area contributed by atoms with Crippen LogP contribution in [0.2, 0.25) is 0 Å². The molecule has 1 atom stereocenters. The molecule has 1 unspecified atom stereocenters. The lowest BCUT2D eigenvalue weighted by Crippen LogP contribution is -2.26. The van der Waals surface area contributed by atoms with E-state index in [1.165, 1.54) is 43.2 Å². The molecule has 4 nitrogen and oxygen atoms in total. The molecular formula is C24H31NO3. The van der Waals surface area contributed by atoms with E-state index in [0.29, 0.717) is 31.1 Å². The number of rotatable bonds is 5. The van der Waals surface area contributed by atoms with Crippen molar-refractivity contribution in [2.45, 2.75) is 64.4 Å². The molecule has 0 radical (unpaired) electrons. The summed E-state index contributed by atoms with van der Waals surface area (Å²) >= 11 is 0. The fraction of sp³-hybridized carbons (Fsp3) is 0.542. The lowest BCUT2D eigenvalue weighted by Gasteiger charge is -2.29. The van der Waals surface area contributed by atoms with E-state index in [2.05, 4.69) is 31.2 Å². The normalized spacial score (nSPS) is 28.0. The summed E-state index contributed by atoms with van der Waals surface area (Å²) in [5, 5.41) is 9.51. The van der Waals surface area contributed by atoms with Gasteiger partial charge in [0.1, 0.15) is 6.10 Å². The van der Waals surface area contributed by atoms with Gasteiger partial charge in [0.05, 0.1) is 12.3 Å². The highest BCUT2D eigenvalue weighted by Gasteiger charge is 2.35. The number of carbonyl (C=O) groups excluding carboxylic acids is 1. The van der Waals surface area contributed by atoms with Gasteiger partial charge in [-0.1, -0.05) is 42.7 Å². The van der Waals surface area contributed by atoms with Gasteiger partial charge < -0.3 is 9.84 Å². The number of aryl methyl sites for hydroxylation is 1. The molecule has 1 saturated heterocycles. The van der Waals surface area contributed by atoms with Gasteiger partial charge in [-0.15, -0.1) is 0 Å². The molecule has 0 spiro atoms. The number of cyclic esters (lactones) is 1. The summed E-state index contributed by atoms with van der Waals surface area (Å²) in [6, 6.07) is 8.95. The highest BCUT2D eigenvalue weighted by molar-refractivity contribution is 5.72. The Balaban J connectivity index is 1.24. The van der Waals surface area contributed by atoms with Crippen molar-refractivity contribution in [3.63, 3.8) is 0 Å². The summed E-state index contributed by atoms with van der Waals surface area (Å²) in [4.78, 5) is 14.0. The summed E-state index contributed by atoms with van der Waals surface area (Å²) in [5.41, 5.74) is 3.74. The van der Waals surface area contributed by atoms with Gasteiger partial charge in [0.25, 0.3) is 0 Å². The molecule has 1 saturated carbocycles. The number of nitrogens with zero attached hydrogens (tertiary/aromatic N) is 1. The molecule has 1 amide bonds. The summed E-state index contributed by atoms with van der Waals surface area (Å²) in [5.74, 6) is 1.83. The average Bonchev–Trinajstić information content (AvgIpc) is 3.06. The fourth-order valence-electron chi connectivity index (χ4n) is 4.82. The fourth-order valence-corrected chi connectivity index (χ4v) is 4.82. The molecule has 1 aliphatic heterocycles. The van der Waals surface area contributed by atoms with Gasteiger partial charge in [-0.25, -0.2) is 4.79 Å². The minimum atomic E-state index is -0.223. The number of aliphatic hydroxyl groups is 1. The smallest absolute Gasteiger partial charge is 0.414 e. The standard InChI is InChI=1S/C24H31NO3/c1-17-2-4-18(5-3-17)14-19-6-8-20(9-7-19)15-23-16-25(24(27)28-23)21-10-12-22(26)13-11-21/h2-5,10,12,19-20,23,26H,6-9,11,13-16H2,1H3. The Morgan fingerprint density at radius 3 is 2.43 bits per heavy atom. The Morgan fingerprint density at radius 2 is 1.75 bits per heavy atom. The second kappa shape index (κ2) is 8.42. The van der Waals surface area contributed by atoms with Crippen LogP contribution in [0.4, 0.5) is 4.79 Å². The Labute approximate surface area is 167 Å². The monoisotopic (exact) mass is 381 g/mol. The Morgan fingerprint density at radius 1 is 1.04 bits per heavy atom. The van der Waals surface area contributed by atoms with Crippen molar-refractivity contribution in [1.29, 1.82) is 0 Å². The van der Waals surface area contributed by atoms with E-state index in [1.807, 2.05) is 6.08 Å². The van der Waals surface area contributed by atoms with Crippen molar-refractivity contribution in [2.24, 2.45) is 11.8 Å². The van der Waals surface area contributed by atoms with Crippen LogP contribution in [0.5, 0.6) is 0 Å². The molecule has 2 fully saturated rings. The van der Waals surface area contributed by atoms with Gasteiger partial charge >= 0.3 is 6.09 Å². The van der Waals surface area contributed by atoms with Crippen LogP contribution in [0.1, 0.15) is 56.1 Å². The quantitative estimate of drug-likeness (QED) is 0.714. The number of hydrogen-bond acceptors (Lipinski definition) is 3. The third-order valence-electron chi connectivity index (χ3n) is 6.53. The maximum atomic E-state index is 12.3. The van der Waals surface area contributed by atoms with Gasteiger partial charge in [0.2, 0.25) is 0 Å². The molecule has 0 bridgehead atoms. The van der Waals surface area contributed by atoms with Gasteiger partial charge in [0.15, 0.2) is 0 Å². The molecule has 0 aromatic heterocycles. The number of allylic oxidation sites excluding steroid dienone is 4. The van der Waals surface area contributed by atoms with E-state index in [-0.39, 0.29) is 12.2 Å². The molecule has 28 heavy (non-hydrogen) atoms. The van der Waals surface area contributed by atoms with Crippen LogP contribution >= 0.6 is 0 Å². The third-order valence-corrected chi connectivity index (χ3v) is 6.53. The molecule has 1 aromatic carbocycles. The molecule has 1 aromatic rings. The Hall–Kier alpha value is -2.23. The van der Waals surface area contributed by atoms with Crippen LogP contribution in [0.25, 0.3) is 0 Å². The minimum Gasteiger partial charge on any atom is -0.512 e. The molecule has 1 heterocycles. The van der Waals surface area contributed by atoms with Gasteiger partial charge in [-0.05, 0) is 68.6 Å². The topological polar surface area (TPSA) is 49.8 Å². The number of hydrogen-bond donors (Lipinski definition) is 1. The molecule has 2 aliphatic carbocycles. The molecule has 150 valence electrons. The van der Waals surface area contributed by atoms with Crippen LogP contribution in [0.3, 0.4) is 0 Å². The molecule has 4 heteroatoms. The minimum absolute atomic E-state index is 0.00607. The lowest BCUT2D eigenvalue weighted by molar-refractivity contribution is 0.112. The highest BCUT2D eigenvalue weighted by Crippen LogP contribution is 2.35. The van der Waals surface area contributed by atoms with Crippen molar-refractivity contribution in [1.82, 2.24) is 4.90 Å². The van der Waals surface area contributed by atoms with Crippen molar-refractivity contribution in [3.8, 4) is 0 Å². The number of carbonyl (C=O) groups is 1. The summed E-state index contributed by atoms with van der Waals surface area (Å²) in [6.45, 7) is 2.79. The number of aliphatic hydroxyl groups excluding tert-OH is 1. The van der Waals surface area contributed by atoms with E-state index in [9.17, 15) is 9.90 Å². The molecular weight excluding hydrogens is 350 g/mol. The maximum absolute atomic E-state index is 12.3. The zero-order chi connectivity index (χ0) is 19.5. The van der Waals surface area contributed by atoms with Gasteiger partial charge in [-0.3, -0.25) is 4.90 Å². The SMILES string of the molecule is Cc1ccc(CC2CCC(CC3CN(C4=CC=C(O)CC4)C(=O)O3)CC2)cc1. The zero-order valence-corrected chi connectivity index (χ0v) is 16.8. The second-order valence-electron chi connectivity index (χ2n) is 8.74. The Kier molecular flexibility index (Phi) is 5.74. The predicted molar refractivity (Wildman–Crippen MR) is 110 cm³/mol. The molecule has 4 rings (SSSR count). The first-order valence-corrected chi connectivity index (χ1v) is 10.7. The number of amides is 1. The van der Waals surface area contributed by atoms with Gasteiger partial charge in [-0.2, -0.15) is 0 Å². The first-order valence-electron chi connectivity index (χ1n) is 10.7. The summed E-state index contributed by atoms with van der Waals surface area (Å²) < 4.78 is 5.65. The first kappa shape index (κ1) is 19.1. The van der Waals surface area contributed by atoms with Crippen molar-refractivity contribution >= 4 is 6.09 Å². The Bertz CT molecular complexity index is 757. The lowest BCUT2D eigenvalue weighted by atomic mass is 9.77. The maximum Gasteiger partial charge on any atom is 0.414 e. The zero-order valence-electron chi connectivity index (χ0n) is 16.8. The van der Waals surface area contributed by atoms with Gasteiger partial charge in [0, 0.05) is 12.1 Å². The highest BCUT2D eigenvalue weighted by atomic mass is 16.6. The molecule has 1 N–H and O–H groups in total. The predicted octanol–water partition coefficient (Wildman–Crippen LogP) is 5.67. The van der Waals surface area contributed by atoms with Crippen LogP contribution in [-0.2, 0) is 11.2 Å². The largest absolute Gasteiger partial charge is 0.512 e. The average molecular weight is 382 g/mol. The number of ether oxygens (including phenoxy) is 1. The van der Waals surface area contributed by atoms with Crippen molar-refractivity contribution in [2.75, 3.05) is 6.54 Å². The molecule has 3 aliphatic rings.